The lowest BCUT2D eigenvalue weighted by Crippen LogP contribution is -2.43. The highest BCUT2D eigenvalue weighted by atomic mass is 32.2. The molecule has 0 atom stereocenters. The monoisotopic (exact) mass is 680 g/mol. The number of alkyl halides is 4. The number of carboxylic acids is 1. The van der Waals surface area contributed by atoms with Crippen molar-refractivity contribution >= 4 is 32.6 Å². The van der Waals surface area contributed by atoms with Gasteiger partial charge in [-0.05, 0) is 36.4 Å². The average Bonchev–Trinajstić information content (AvgIpc) is 3.56. The number of aryl methyl sites for hydroxylation is 2. The SMILES string of the molecule is Cn1nccc1-c1cc(C(=O)O)c(N)cc1C(C)(F)F.Cn1nccc1-c1cc2c(=O)n(NS(C)(=O)=O)c(=O)[nH]c2cc1C(C)(F)F. The lowest BCUT2D eigenvalue weighted by molar-refractivity contribution is 0.0174. The Labute approximate surface area is 263 Å². The van der Waals surface area contributed by atoms with Gasteiger partial charge in [0.25, 0.3) is 17.4 Å². The molecule has 19 heteroatoms. The summed E-state index contributed by atoms with van der Waals surface area (Å²) in [7, 11) is -0.787. The molecule has 0 bridgehead atoms. The standard InChI is InChI=1S/C15H15F2N5O4S.C13H13F2N3O2/c1-15(16,17)10-7-11-9(6-8(10)12-4-5-18-21(12)2)13(23)22(14(24)19-11)20-27(3,25)26;1-13(14,15)9-6-10(16)8(12(19)20)5-7(9)11-3-4-17-18(11)2/h4-7,20H,1-3H3,(H,19,24);3-6H,16H2,1-2H3,(H,19,20). The summed E-state index contributed by atoms with van der Waals surface area (Å²) in [5.74, 6) is -7.69. The fourth-order valence-corrected chi connectivity index (χ4v) is 5.24. The van der Waals surface area contributed by atoms with Crippen LogP contribution < -0.4 is 21.8 Å². The first-order valence-electron chi connectivity index (χ1n) is 13.3. The van der Waals surface area contributed by atoms with Crippen LogP contribution in [-0.4, -0.2) is 55.0 Å². The van der Waals surface area contributed by atoms with Crippen molar-refractivity contribution in [2.45, 2.75) is 25.7 Å². The van der Waals surface area contributed by atoms with Crippen LogP contribution in [0.25, 0.3) is 33.4 Å². The Kier molecular flexibility index (Phi) is 8.82. The number of aromatic nitrogens is 6. The van der Waals surface area contributed by atoms with Gasteiger partial charge in [-0.25, -0.2) is 40.4 Å². The zero-order valence-electron chi connectivity index (χ0n) is 25.3. The number of hydrogen-bond acceptors (Lipinski definition) is 8. The Morgan fingerprint density at radius 2 is 1.40 bits per heavy atom. The highest BCUT2D eigenvalue weighted by molar-refractivity contribution is 7.91. The second-order valence-corrected chi connectivity index (χ2v) is 12.4. The third kappa shape index (κ3) is 7.19. The summed E-state index contributed by atoms with van der Waals surface area (Å²) in [5, 5.41) is 16.8. The van der Waals surface area contributed by atoms with E-state index < -0.39 is 44.7 Å². The molecule has 250 valence electrons. The quantitative estimate of drug-likeness (QED) is 0.147. The van der Waals surface area contributed by atoms with Crippen LogP contribution in [-0.2, 0) is 36.0 Å². The van der Waals surface area contributed by atoms with Crippen molar-refractivity contribution in [3.8, 4) is 22.5 Å². The number of nitrogens with one attached hydrogen (secondary N) is 2. The number of nitrogen functional groups attached to an aromatic ring is 1. The Morgan fingerprint density at radius 3 is 1.83 bits per heavy atom. The first-order valence-corrected chi connectivity index (χ1v) is 15.2. The summed E-state index contributed by atoms with van der Waals surface area (Å²) in [5.41, 5.74) is 3.00. The van der Waals surface area contributed by atoms with Crippen molar-refractivity contribution in [2.75, 3.05) is 16.8 Å². The number of nitrogens with zero attached hydrogens (tertiary/aromatic N) is 5. The zero-order chi connectivity index (χ0) is 35.2. The van der Waals surface area contributed by atoms with E-state index in [2.05, 4.69) is 15.2 Å². The maximum atomic E-state index is 14.2. The molecule has 0 aliphatic heterocycles. The smallest absolute Gasteiger partial charge is 0.348 e. The van der Waals surface area contributed by atoms with E-state index in [1.54, 1.807) is 18.9 Å². The van der Waals surface area contributed by atoms with Crippen LogP contribution in [0.3, 0.4) is 0 Å². The van der Waals surface area contributed by atoms with E-state index in [4.69, 9.17) is 10.8 Å². The number of aromatic carboxylic acids is 1. The summed E-state index contributed by atoms with van der Waals surface area (Å²) in [6.07, 6.45) is 3.63. The van der Waals surface area contributed by atoms with Gasteiger partial charge in [-0.2, -0.15) is 14.9 Å². The second kappa shape index (κ2) is 12.0. The summed E-state index contributed by atoms with van der Waals surface area (Å²) in [6, 6.07) is 7.37. The van der Waals surface area contributed by atoms with Gasteiger partial charge in [0.05, 0.1) is 34.1 Å². The van der Waals surface area contributed by atoms with E-state index in [9.17, 15) is 40.4 Å². The molecule has 14 nitrogen and oxygen atoms in total. The van der Waals surface area contributed by atoms with Gasteiger partial charge in [0.1, 0.15) is 0 Å². The van der Waals surface area contributed by atoms with E-state index in [1.807, 2.05) is 0 Å². The third-order valence-corrected chi connectivity index (χ3v) is 7.37. The van der Waals surface area contributed by atoms with Crippen LogP contribution in [0.4, 0.5) is 23.2 Å². The highest BCUT2D eigenvalue weighted by Crippen LogP contribution is 2.39. The van der Waals surface area contributed by atoms with Crippen molar-refractivity contribution in [2.24, 2.45) is 14.1 Å². The summed E-state index contributed by atoms with van der Waals surface area (Å²) in [6.45, 7) is 1.43. The van der Waals surface area contributed by atoms with Crippen molar-refractivity contribution in [3.63, 3.8) is 0 Å². The average molecular weight is 681 g/mol. The first-order chi connectivity index (χ1) is 21.6. The minimum Gasteiger partial charge on any atom is -0.478 e. The van der Waals surface area contributed by atoms with Crippen molar-refractivity contribution in [1.82, 2.24) is 29.2 Å². The number of halogens is 4. The zero-order valence-corrected chi connectivity index (χ0v) is 26.2. The summed E-state index contributed by atoms with van der Waals surface area (Å²) < 4.78 is 81.6. The van der Waals surface area contributed by atoms with E-state index >= 15 is 0 Å². The number of rotatable bonds is 7. The number of carboxylic acid groups (broad SMARTS) is 1. The van der Waals surface area contributed by atoms with Crippen LogP contribution in [0.5, 0.6) is 0 Å². The Morgan fingerprint density at radius 1 is 0.915 bits per heavy atom. The van der Waals surface area contributed by atoms with Crippen molar-refractivity contribution < 1.29 is 35.9 Å². The van der Waals surface area contributed by atoms with Gasteiger partial charge >= 0.3 is 11.7 Å². The normalized spacial score (nSPS) is 12.1. The molecule has 0 aliphatic carbocycles. The molecule has 0 saturated carbocycles. The lowest BCUT2D eigenvalue weighted by atomic mass is 9.96. The molecule has 0 aliphatic rings. The first kappa shape index (κ1) is 34.4. The summed E-state index contributed by atoms with van der Waals surface area (Å²) in [4.78, 5) is 39.8. The van der Waals surface area contributed by atoms with Crippen LogP contribution in [0, 0.1) is 0 Å². The molecule has 47 heavy (non-hydrogen) atoms. The molecule has 0 spiro atoms. The van der Waals surface area contributed by atoms with Crippen LogP contribution in [0.15, 0.2) is 58.4 Å². The lowest BCUT2D eigenvalue weighted by Gasteiger charge is -2.18. The molecule has 3 aromatic heterocycles. The van der Waals surface area contributed by atoms with Crippen LogP contribution in [0.1, 0.15) is 35.3 Å². The number of carbonyl (C=O) groups is 1. The fourth-order valence-electron chi connectivity index (χ4n) is 4.74. The van der Waals surface area contributed by atoms with E-state index in [1.165, 1.54) is 40.0 Å². The largest absolute Gasteiger partial charge is 0.478 e. The molecular formula is C28H28F4N8O6S. The Hall–Kier alpha value is -5.46. The maximum Gasteiger partial charge on any atom is 0.348 e. The molecular weight excluding hydrogens is 652 g/mol. The van der Waals surface area contributed by atoms with E-state index in [0.29, 0.717) is 18.3 Å². The molecule has 0 unspecified atom stereocenters. The predicted molar refractivity (Wildman–Crippen MR) is 164 cm³/mol. The molecule has 3 heterocycles. The van der Waals surface area contributed by atoms with Crippen molar-refractivity contribution in [3.05, 3.63) is 86.3 Å². The van der Waals surface area contributed by atoms with Gasteiger partial charge in [-0.1, -0.05) is 0 Å². The Balaban J connectivity index is 0.000000223. The number of nitrogens with two attached hydrogens (primary N) is 1. The molecule has 0 radical (unpaired) electrons. The van der Waals surface area contributed by atoms with Crippen LogP contribution >= 0.6 is 0 Å². The summed E-state index contributed by atoms with van der Waals surface area (Å²) >= 11 is 0. The third-order valence-electron chi connectivity index (χ3n) is 6.85. The van der Waals surface area contributed by atoms with Gasteiger partial charge in [0, 0.05) is 68.3 Å². The molecule has 0 amide bonds. The predicted octanol–water partition coefficient (Wildman–Crippen LogP) is 3.18. The minimum absolute atomic E-state index is 0.0325. The van der Waals surface area contributed by atoms with Gasteiger partial charge in [0.15, 0.2) is 0 Å². The van der Waals surface area contributed by atoms with Gasteiger partial charge < -0.3 is 15.8 Å². The number of sulfonamides is 1. The van der Waals surface area contributed by atoms with E-state index in [0.717, 1.165) is 31.4 Å². The molecule has 0 fully saturated rings. The molecule has 2 aromatic carbocycles. The molecule has 5 rings (SSSR count). The van der Waals surface area contributed by atoms with Gasteiger partial charge in [-0.3, -0.25) is 14.2 Å². The van der Waals surface area contributed by atoms with Gasteiger partial charge in [-0.15, -0.1) is 0 Å². The van der Waals surface area contributed by atoms with Crippen molar-refractivity contribution in [1.29, 1.82) is 0 Å². The number of aromatic amines is 1. The number of benzene rings is 2. The maximum absolute atomic E-state index is 14.2. The molecule has 0 saturated heterocycles. The Bertz CT molecular complexity index is 2250. The molecule has 5 N–H and O–H groups in total. The number of H-pyrrole nitrogens is 1. The topological polar surface area (TPSA) is 200 Å². The number of hydrogen-bond donors (Lipinski definition) is 4. The van der Waals surface area contributed by atoms with Crippen LogP contribution in [0.2, 0.25) is 0 Å². The fraction of sp³-hybridized carbons (Fsp3) is 0.250. The second-order valence-electron chi connectivity index (χ2n) is 10.6. The number of anilines is 1. The molecule has 5 aromatic rings. The minimum atomic E-state index is -3.92. The number of fused-ring (bicyclic) bond motifs is 1. The van der Waals surface area contributed by atoms with E-state index in [-0.39, 0.29) is 43.5 Å². The van der Waals surface area contributed by atoms with Gasteiger partial charge in [0.2, 0.25) is 10.0 Å². The highest BCUT2D eigenvalue weighted by Gasteiger charge is 2.32.